The van der Waals surface area contributed by atoms with E-state index in [-0.39, 0.29) is 5.91 Å². The summed E-state index contributed by atoms with van der Waals surface area (Å²) in [5, 5.41) is 3.44. The second-order valence-electron chi connectivity index (χ2n) is 4.22. The molecule has 0 aromatic heterocycles. The van der Waals surface area contributed by atoms with Gasteiger partial charge < -0.3 is 5.32 Å². The quantitative estimate of drug-likeness (QED) is 0.647. The first-order valence-electron chi connectivity index (χ1n) is 5.19. The third-order valence-electron chi connectivity index (χ3n) is 3.30. The fourth-order valence-electron chi connectivity index (χ4n) is 2.47. The molecule has 1 amide bonds. The molecule has 2 rings (SSSR count). The Hall–Kier alpha value is -0.240. The van der Waals surface area contributed by atoms with Crippen LogP contribution < -0.4 is 5.32 Å². The molecule has 0 aromatic rings. The SMILES string of the molecule is O=C1CCC(C2CCC(Cl)CC2)N1. The van der Waals surface area contributed by atoms with E-state index in [9.17, 15) is 4.79 Å². The minimum Gasteiger partial charge on any atom is -0.353 e. The Morgan fingerprint density at radius 1 is 1.15 bits per heavy atom. The van der Waals surface area contributed by atoms with Crippen molar-refractivity contribution in [2.24, 2.45) is 5.92 Å². The topological polar surface area (TPSA) is 29.1 Å². The number of hydrogen-bond donors (Lipinski definition) is 1. The highest BCUT2D eigenvalue weighted by molar-refractivity contribution is 6.20. The van der Waals surface area contributed by atoms with E-state index in [4.69, 9.17) is 11.6 Å². The Morgan fingerprint density at radius 3 is 2.38 bits per heavy atom. The summed E-state index contributed by atoms with van der Waals surface area (Å²) >= 11 is 6.03. The van der Waals surface area contributed by atoms with Crippen LogP contribution in [0.4, 0.5) is 0 Å². The number of carbonyl (C=O) groups is 1. The second-order valence-corrected chi connectivity index (χ2v) is 4.84. The van der Waals surface area contributed by atoms with Crippen LogP contribution in [0, 0.1) is 5.92 Å². The maximum Gasteiger partial charge on any atom is 0.220 e. The van der Waals surface area contributed by atoms with Crippen LogP contribution in [0.2, 0.25) is 0 Å². The van der Waals surface area contributed by atoms with Crippen molar-refractivity contribution in [1.29, 1.82) is 0 Å². The summed E-state index contributed by atoms with van der Waals surface area (Å²) < 4.78 is 0. The minimum atomic E-state index is 0.234. The predicted molar refractivity (Wildman–Crippen MR) is 52.8 cm³/mol. The lowest BCUT2D eigenvalue weighted by Crippen LogP contribution is -2.35. The van der Waals surface area contributed by atoms with E-state index >= 15 is 0 Å². The molecule has 1 saturated heterocycles. The number of carbonyl (C=O) groups excluding carboxylic acids is 1. The highest BCUT2D eigenvalue weighted by atomic mass is 35.5. The Bertz CT molecular complexity index is 199. The van der Waals surface area contributed by atoms with Gasteiger partial charge in [-0.1, -0.05) is 0 Å². The van der Waals surface area contributed by atoms with Gasteiger partial charge in [0.15, 0.2) is 0 Å². The fraction of sp³-hybridized carbons (Fsp3) is 0.900. The molecule has 1 aliphatic heterocycles. The van der Waals surface area contributed by atoms with Crippen LogP contribution in [0.1, 0.15) is 38.5 Å². The first-order valence-corrected chi connectivity index (χ1v) is 5.63. The molecule has 2 fully saturated rings. The summed E-state index contributed by atoms with van der Waals surface area (Å²) in [7, 11) is 0. The molecule has 1 saturated carbocycles. The van der Waals surface area contributed by atoms with Gasteiger partial charge in [-0.15, -0.1) is 11.6 Å². The fourth-order valence-corrected chi connectivity index (χ4v) is 2.72. The van der Waals surface area contributed by atoms with Gasteiger partial charge in [0.2, 0.25) is 5.91 Å². The van der Waals surface area contributed by atoms with Crippen molar-refractivity contribution in [2.45, 2.75) is 49.9 Å². The number of nitrogens with one attached hydrogen (secondary N) is 1. The van der Waals surface area contributed by atoms with Gasteiger partial charge in [-0.25, -0.2) is 0 Å². The van der Waals surface area contributed by atoms with Crippen molar-refractivity contribution in [3.63, 3.8) is 0 Å². The largest absolute Gasteiger partial charge is 0.353 e. The summed E-state index contributed by atoms with van der Waals surface area (Å²) in [5.74, 6) is 0.930. The average Bonchev–Trinajstić information content (AvgIpc) is 2.53. The average molecular weight is 202 g/mol. The standard InChI is InChI=1S/C10H16ClNO/c11-8-3-1-7(2-4-8)9-5-6-10(13)12-9/h7-9H,1-6H2,(H,12,13). The van der Waals surface area contributed by atoms with Crippen LogP contribution >= 0.6 is 11.6 Å². The summed E-state index contributed by atoms with van der Waals surface area (Å²) in [5.41, 5.74) is 0. The van der Waals surface area contributed by atoms with Gasteiger partial charge in [-0.05, 0) is 38.0 Å². The zero-order valence-corrected chi connectivity index (χ0v) is 8.52. The molecule has 1 aliphatic carbocycles. The summed E-state index contributed by atoms with van der Waals surface area (Å²) in [6.45, 7) is 0. The van der Waals surface area contributed by atoms with Crippen LogP contribution in [0.5, 0.6) is 0 Å². The molecule has 2 aliphatic rings. The Balaban J connectivity index is 1.84. The molecule has 1 atom stereocenters. The smallest absolute Gasteiger partial charge is 0.220 e. The summed E-state index contributed by atoms with van der Waals surface area (Å²) in [6, 6.07) is 0.455. The van der Waals surface area contributed by atoms with E-state index in [1.807, 2.05) is 0 Å². The molecule has 0 aromatic carbocycles. The maximum atomic E-state index is 11.0. The number of amides is 1. The number of alkyl halides is 1. The molecular formula is C10H16ClNO. The lowest BCUT2D eigenvalue weighted by Gasteiger charge is -2.29. The highest BCUT2D eigenvalue weighted by Gasteiger charge is 2.31. The molecule has 13 heavy (non-hydrogen) atoms. The van der Waals surface area contributed by atoms with Gasteiger partial charge in [0.1, 0.15) is 0 Å². The van der Waals surface area contributed by atoms with E-state index in [1.54, 1.807) is 0 Å². The molecule has 0 spiro atoms. The number of rotatable bonds is 1. The Kier molecular flexibility index (Phi) is 2.77. The normalized spacial score (nSPS) is 40.4. The summed E-state index contributed by atoms with van der Waals surface area (Å²) in [4.78, 5) is 11.0. The van der Waals surface area contributed by atoms with Crippen molar-refractivity contribution >= 4 is 17.5 Å². The van der Waals surface area contributed by atoms with Crippen molar-refractivity contribution < 1.29 is 4.79 Å². The van der Waals surface area contributed by atoms with Crippen molar-refractivity contribution in [3.8, 4) is 0 Å². The Morgan fingerprint density at radius 2 is 1.85 bits per heavy atom. The third kappa shape index (κ3) is 2.16. The molecule has 1 unspecified atom stereocenters. The van der Waals surface area contributed by atoms with Crippen LogP contribution in [-0.4, -0.2) is 17.3 Å². The first-order chi connectivity index (χ1) is 6.25. The van der Waals surface area contributed by atoms with Gasteiger partial charge >= 0.3 is 0 Å². The number of halogens is 1. The molecule has 2 nitrogen and oxygen atoms in total. The number of hydrogen-bond acceptors (Lipinski definition) is 1. The monoisotopic (exact) mass is 201 g/mol. The highest BCUT2D eigenvalue weighted by Crippen LogP contribution is 2.32. The zero-order chi connectivity index (χ0) is 9.26. The van der Waals surface area contributed by atoms with E-state index in [2.05, 4.69) is 5.32 Å². The minimum absolute atomic E-state index is 0.234. The van der Waals surface area contributed by atoms with Crippen molar-refractivity contribution in [2.75, 3.05) is 0 Å². The van der Waals surface area contributed by atoms with E-state index in [0.29, 0.717) is 17.3 Å². The predicted octanol–water partition coefficient (Wildman–Crippen LogP) is 2.06. The van der Waals surface area contributed by atoms with Crippen molar-refractivity contribution in [3.05, 3.63) is 0 Å². The maximum absolute atomic E-state index is 11.0. The van der Waals surface area contributed by atoms with Crippen LogP contribution in [0.15, 0.2) is 0 Å². The van der Waals surface area contributed by atoms with Crippen molar-refractivity contribution in [1.82, 2.24) is 5.32 Å². The van der Waals surface area contributed by atoms with Gasteiger partial charge in [0.25, 0.3) is 0 Å². The molecule has 1 heterocycles. The second kappa shape index (κ2) is 3.87. The summed E-state index contributed by atoms with van der Waals surface area (Å²) in [6.07, 6.45) is 6.40. The van der Waals surface area contributed by atoms with Gasteiger partial charge in [0, 0.05) is 17.8 Å². The zero-order valence-electron chi connectivity index (χ0n) is 7.76. The van der Waals surface area contributed by atoms with E-state index in [1.165, 1.54) is 12.8 Å². The van der Waals surface area contributed by atoms with Gasteiger partial charge in [0.05, 0.1) is 0 Å². The van der Waals surface area contributed by atoms with Crippen LogP contribution in [-0.2, 0) is 4.79 Å². The first kappa shape index (κ1) is 9.32. The molecule has 0 radical (unpaired) electrons. The molecule has 3 heteroatoms. The third-order valence-corrected chi connectivity index (χ3v) is 3.74. The van der Waals surface area contributed by atoms with Gasteiger partial charge in [-0.3, -0.25) is 4.79 Å². The molecule has 74 valence electrons. The van der Waals surface area contributed by atoms with Crippen LogP contribution in [0.3, 0.4) is 0 Å². The van der Waals surface area contributed by atoms with E-state index < -0.39 is 0 Å². The molecule has 0 bridgehead atoms. The lowest BCUT2D eigenvalue weighted by atomic mass is 9.83. The lowest BCUT2D eigenvalue weighted by molar-refractivity contribution is -0.119. The van der Waals surface area contributed by atoms with Gasteiger partial charge in [-0.2, -0.15) is 0 Å². The Labute approximate surface area is 84.0 Å². The van der Waals surface area contributed by atoms with Crippen LogP contribution in [0.25, 0.3) is 0 Å². The van der Waals surface area contributed by atoms with E-state index in [0.717, 1.165) is 25.7 Å². The molecular weight excluding hydrogens is 186 g/mol. The molecule has 1 N–H and O–H groups in total.